The van der Waals surface area contributed by atoms with Crippen LogP contribution in [0.1, 0.15) is 0 Å². The van der Waals surface area contributed by atoms with Gasteiger partial charge in [0.1, 0.15) is 0 Å². The first kappa shape index (κ1) is 15.5. The second-order valence-corrected chi connectivity index (χ2v) is 5.61. The topological polar surface area (TPSA) is 66.9 Å². The Labute approximate surface area is 147 Å². The molecule has 2 aromatic carbocycles. The van der Waals surface area contributed by atoms with Crippen molar-refractivity contribution in [3.05, 3.63) is 47.6 Å². The smallest absolute Gasteiger partial charge is 0.454 e. The monoisotopic (exact) mass is 357 g/mol. The first-order chi connectivity index (χ1) is 12.2. The van der Waals surface area contributed by atoms with Crippen LogP contribution >= 0.6 is 11.6 Å². The Morgan fingerprint density at radius 2 is 1.96 bits per heavy atom. The highest BCUT2D eigenvalue weighted by Crippen LogP contribution is 2.44. The van der Waals surface area contributed by atoms with Gasteiger partial charge in [0.25, 0.3) is 0 Å². The summed E-state index contributed by atoms with van der Waals surface area (Å²) in [5.41, 5.74) is 2.06. The molecule has 0 saturated heterocycles. The number of aromatic nitrogens is 1. The molecule has 6 nitrogen and oxygen atoms in total. The van der Waals surface area contributed by atoms with E-state index in [0.717, 1.165) is 10.9 Å². The number of carbonyl (C=O) groups is 1. The molecule has 25 heavy (non-hydrogen) atoms. The van der Waals surface area contributed by atoms with Gasteiger partial charge >= 0.3 is 6.16 Å². The molecule has 0 amide bonds. The second-order valence-electron chi connectivity index (χ2n) is 5.25. The van der Waals surface area contributed by atoms with Crippen molar-refractivity contribution in [1.82, 2.24) is 4.98 Å². The van der Waals surface area contributed by atoms with Gasteiger partial charge in [0.05, 0.1) is 12.6 Å². The Morgan fingerprint density at radius 3 is 2.80 bits per heavy atom. The molecule has 1 aromatic heterocycles. The first-order valence-corrected chi connectivity index (χ1v) is 7.79. The van der Waals surface area contributed by atoms with Crippen LogP contribution in [0.2, 0.25) is 5.15 Å². The van der Waals surface area contributed by atoms with Crippen LogP contribution in [0.3, 0.4) is 0 Å². The molecule has 4 rings (SSSR count). The van der Waals surface area contributed by atoms with Crippen LogP contribution in [-0.2, 0) is 4.74 Å². The van der Waals surface area contributed by atoms with E-state index in [4.69, 9.17) is 25.8 Å². The quantitative estimate of drug-likeness (QED) is 0.499. The van der Waals surface area contributed by atoms with E-state index in [2.05, 4.69) is 9.72 Å². The van der Waals surface area contributed by atoms with Crippen molar-refractivity contribution in [1.29, 1.82) is 0 Å². The average Bonchev–Trinajstić information content (AvgIpc) is 3.09. The van der Waals surface area contributed by atoms with Gasteiger partial charge in [-0.2, -0.15) is 0 Å². The van der Waals surface area contributed by atoms with Gasteiger partial charge < -0.3 is 18.9 Å². The highest BCUT2D eigenvalue weighted by Gasteiger charge is 2.22. The van der Waals surface area contributed by atoms with Crippen LogP contribution in [0.4, 0.5) is 4.79 Å². The van der Waals surface area contributed by atoms with Gasteiger partial charge in [0.15, 0.2) is 22.4 Å². The van der Waals surface area contributed by atoms with Gasteiger partial charge in [0, 0.05) is 10.9 Å². The lowest BCUT2D eigenvalue weighted by atomic mass is 10.00. The van der Waals surface area contributed by atoms with E-state index in [9.17, 15) is 4.79 Å². The SMILES string of the molecule is COC(=O)Oc1c(Cl)nc2ccccc2c1-c1ccc2c(c1)OCO2. The normalized spacial score (nSPS) is 12.2. The Morgan fingerprint density at radius 1 is 1.16 bits per heavy atom. The zero-order valence-corrected chi connectivity index (χ0v) is 13.9. The fourth-order valence-corrected chi connectivity index (χ4v) is 2.95. The molecule has 0 atom stereocenters. The summed E-state index contributed by atoms with van der Waals surface area (Å²) in [4.78, 5) is 16.0. The van der Waals surface area contributed by atoms with Crippen molar-refractivity contribution in [2.75, 3.05) is 13.9 Å². The summed E-state index contributed by atoms with van der Waals surface area (Å²) in [5.74, 6) is 1.40. The molecule has 126 valence electrons. The molecular formula is C18H12ClNO5. The van der Waals surface area contributed by atoms with Crippen molar-refractivity contribution < 1.29 is 23.7 Å². The molecule has 1 aliphatic rings. The number of rotatable bonds is 2. The van der Waals surface area contributed by atoms with E-state index in [1.807, 2.05) is 36.4 Å². The fourth-order valence-electron chi connectivity index (χ4n) is 2.72. The van der Waals surface area contributed by atoms with Gasteiger partial charge in [-0.3, -0.25) is 0 Å². The largest absolute Gasteiger partial charge is 0.513 e. The molecule has 0 spiro atoms. The number of methoxy groups -OCH3 is 1. The lowest BCUT2D eigenvalue weighted by Gasteiger charge is -2.14. The summed E-state index contributed by atoms with van der Waals surface area (Å²) >= 11 is 6.28. The van der Waals surface area contributed by atoms with Gasteiger partial charge in [-0.05, 0) is 23.8 Å². The van der Waals surface area contributed by atoms with Crippen LogP contribution in [0, 0.1) is 0 Å². The van der Waals surface area contributed by atoms with E-state index < -0.39 is 6.16 Å². The highest BCUT2D eigenvalue weighted by molar-refractivity contribution is 6.32. The summed E-state index contributed by atoms with van der Waals surface area (Å²) in [6.07, 6.45) is -0.874. The molecule has 1 aliphatic heterocycles. The van der Waals surface area contributed by atoms with Gasteiger partial charge in [-0.1, -0.05) is 35.9 Å². The van der Waals surface area contributed by atoms with Gasteiger partial charge in [-0.25, -0.2) is 9.78 Å². The molecule has 0 aliphatic carbocycles. The Hall–Kier alpha value is -2.99. The van der Waals surface area contributed by atoms with Crippen molar-refractivity contribution in [2.24, 2.45) is 0 Å². The Bertz CT molecular complexity index is 989. The summed E-state index contributed by atoms with van der Waals surface area (Å²) in [7, 11) is 1.23. The molecule has 2 heterocycles. The number of fused-ring (bicyclic) bond motifs is 2. The number of benzene rings is 2. The molecule has 3 aromatic rings. The minimum atomic E-state index is -0.874. The van der Waals surface area contributed by atoms with Crippen LogP contribution in [0.15, 0.2) is 42.5 Å². The zero-order chi connectivity index (χ0) is 17.4. The maximum Gasteiger partial charge on any atom is 0.513 e. The average molecular weight is 358 g/mol. The summed E-state index contributed by atoms with van der Waals surface area (Å²) in [5, 5.41) is 0.849. The van der Waals surface area contributed by atoms with Crippen molar-refractivity contribution in [3.63, 3.8) is 0 Å². The highest BCUT2D eigenvalue weighted by atomic mass is 35.5. The maximum absolute atomic E-state index is 11.7. The third-order valence-corrected chi connectivity index (χ3v) is 4.08. The number of ether oxygens (including phenoxy) is 4. The van der Waals surface area contributed by atoms with Crippen molar-refractivity contribution in [2.45, 2.75) is 0 Å². The van der Waals surface area contributed by atoms with Crippen molar-refractivity contribution >= 4 is 28.7 Å². The fraction of sp³-hybridized carbons (Fsp3) is 0.111. The Balaban J connectivity index is 1.99. The molecule has 0 fully saturated rings. The predicted molar refractivity (Wildman–Crippen MR) is 91.3 cm³/mol. The third-order valence-electron chi connectivity index (χ3n) is 3.82. The number of pyridine rings is 1. The number of hydrogen-bond donors (Lipinski definition) is 0. The minimum Gasteiger partial charge on any atom is -0.454 e. The van der Waals surface area contributed by atoms with E-state index in [1.165, 1.54) is 7.11 Å². The molecule has 0 N–H and O–H groups in total. The first-order valence-electron chi connectivity index (χ1n) is 7.41. The van der Waals surface area contributed by atoms with E-state index >= 15 is 0 Å². The van der Waals surface area contributed by atoms with Gasteiger partial charge in [-0.15, -0.1) is 0 Å². The summed E-state index contributed by atoms with van der Waals surface area (Å²) in [6.45, 7) is 0.169. The minimum absolute atomic E-state index is 0.0665. The summed E-state index contributed by atoms with van der Waals surface area (Å²) < 4.78 is 20.7. The van der Waals surface area contributed by atoms with E-state index in [-0.39, 0.29) is 17.7 Å². The van der Waals surface area contributed by atoms with Gasteiger partial charge in [0.2, 0.25) is 6.79 Å². The molecule has 0 saturated carbocycles. The van der Waals surface area contributed by atoms with E-state index in [1.54, 1.807) is 6.07 Å². The molecular weight excluding hydrogens is 346 g/mol. The molecule has 0 bridgehead atoms. The number of para-hydroxylation sites is 1. The Kier molecular flexibility index (Phi) is 3.82. The number of halogens is 1. The molecule has 7 heteroatoms. The van der Waals surface area contributed by atoms with Crippen molar-refractivity contribution in [3.8, 4) is 28.4 Å². The van der Waals surface area contributed by atoms with E-state index in [0.29, 0.717) is 22.6 Å². The predicted octanol–water partition coefficient (Wildman–Crippen LogP) is 4.43. The van der Waals surface area contributed by atoms with Crippen LogP contribution in [-0.4, -0.2) is 25.0 Å². The van der Waals surface area contributed by atoms with Crippen LogP contribution in [0.5, 0.6) is 17.2 Å². The summed E-state index contributed by atoms with van der Waals surface area (Å²) in [6, 6.07) is 12.9. The van der Waals surface area contributed by atoms with Crippen LogP contribution < -0.4 is 14.2 Å². The standard InChI is InChI=1S/C18H12ClNO5/c1-22-18(21)25-16-15(10-6-7-13-14(8-10)24-9-23-13)11-4-2-3-5-12(11)20-17(16)19/h2-8H,9H2,1H3. The zero-order valence-electron chi connectivity index (χ0n) is 13.1. The number of nitrogens with zero attached hydrogens (tertiary/aromatic N) is 1. The lowest BCUT2D eigenvalue weighted by molar-refractivity contribution is 0.121. The third kappa shape index (κ3) is 2.70. The lowest BCUT2D eigenvalue weighted by Crippen LogP contribution is -2.09. The molecule has 0 radical (unpaired) electrons. The second kappa shape index (κ2) is 6.14. The van der Waals surface area contributed by atoms with Crippen LogP contribution in [0.25, 0.3) is 22.0 Å². The molecule has 0 unspecified atom stereocenters. The number of hydrogen-bond acceptors (Lipinski definition) is 6. The number of carbonyl (C=O) groups excluding carboxylic acids is 1. The maximum atomic E-state index is 11.7.